The Hall–Kier alpha value is -2.71. The first-order valence-corrected chi connectivity index (χ1v) is 10.1. The number of carboxylic acids is 1. The second kappa shape index (κ2) is 7.89. The minimum Gasteiger partial charge on any atom is -0.478 e. The zero-order chi connectivity index (χ0) is 19.4. The molecule has 8 heteroatoms. The largest absolute Gasteiger partial charge is 0.478 e. The lowest BCUT2D eigenvalue weighted by atomic mass is 10.1. The van der Waals surface area contributed by atoms with Crippen LogP contribution < -0.4 is 5.43 Å². The third-order valence-corrected chi connectivity index (χ3v) is 6.35. The van der Waals surface area contributed by atoms with Crippen molar-refractivity contribution in [3.63, 3.8) is 0 Å². The number of benzene rings is 2. The fourth-order valence-electron chi connectivity index (χ4n) is 2.88. The van der Waals surface area contributed by atoms with Gasteiger partial charge in [0.1, 0.15) is 0 Å². The van der Waals surface area contributed by atoms with Crippen molar-refractivity contribution in [3.8, 4) is 0 Å². The van der Waals surface area contributed by atoms with Gasteiger partial charge in [-0.1, -0.05) is 18.2 Å². The normalized spacial score (nSPS) is 15.7. The second-order valence-electron chi connectivity index (χ2n) is 6.33. The number of carboxylic acid groups (broad SMARTS) is 1. The molecule has 0 aliphatic carbocycles. The molecule has 2 N–H and O–H groups in total. The van der Waals surface area contributed by atoms with E-state index in [-0.39, 0.29) is 10.5 Å². The maximum Gasteiger partial charge on any atom is 0.335 e. The van der Waals surface area contributed by atoms with Crippen molar-refractivity contribution in [2.24, 2.45) is 5.10 Å². The van der Waals surface area contributed by atoms with Gasteiger partial charge in [-0.3, -0.25) is 5.43 Å². The number of carbonyl (C=O) groups is 1. The van der Waals surface area contributed by atoms with E-state index in [1.54, 1.807) is 43.3 Å². The van der Waals surface area contributed by atoms with Crippen LogP contribution >= 0.6 is 0 Å². The van der Waals surface area contributed by atoms with E-state index in [1.807, 2.05) is 0 Å². The first-order chi connectivity index (χ1) is 12.9. The van der Waals surface area contributed by atoms with Crippen LogP contribution in [0.15, 0.2) is 58.5 Å². The highest BCUT2D eigenvalue weighted by Crippen LogP contribution is 2.21. The van der Waals surface area contributed by atoms with Crippen LogP contribution in [0.5, 0.6) is 0 Å². The molecular formula is C19H21N3O4S. The van der Waals surface area contributed by atoms with E-state index in [0.29, 0.717) is 24.5 Å². The van der Waals surface area contributed by atoms with Gasteiger partial charge in [-0.25, -0.2) is 13.2 Å². The van der Waals surface area contributed by atoms with Crippen molar-refractivity contribution in [2.75, 3.05) is 18.5 Å². The minimum absolute atomic E-state index is 0.171. The summed E-state index contributed by atoms with van der Waals surface area (Å²) in [6.45, 7) is 2.94. The molecule has 27 heavy (non-hydrogen) atoms. The van der Waals surface area contributed by atoms with E-state index in [9.17, 15) is 13.2 Å². The molecule has 3 rings (SSSR count). The number of aromatic carboxylic acids is 1. The maximum absolute atomic E-state index is 12.5. The molecule has 0 radical (unpaired) electrons. The average Bonchev–Trinajstić information content (AvgIpc) is 3.22. The van der Waals surface area contributed by atoms with Gasteiger partial charge in [-0.2, -0.15) is 9.41 Å². The van der Waals surface area contributed by atoms with E-state index >= 15 is 0 Å². The van der Waals surface area contributed by atoms with Gasteiger partial charge >= 0.3 is 5.97 Å². The first kappa shape index (κ1) is 19.1. The molecule has 0 atom stereocenters. The standard InChI is InChI=1S/C19H21N3O4S/c1-14(20-21-17-6-4-5-16(13-17)19(23)24)15-7-9-18(10-8-15)27(25,26)22-11-2-3-12-22/h4-10,13,21H,2-3,11-12H2,1H3,(H,23,24)/b20-14+. The Balaban J connectivity index is 1.73. The molecule has 1 aliphatic heterocycles. The van der Waals surface area contributed by atoms with Gasteiger partial charge in [0.05, 0.1) is 21.9 Å². The number of nitrogens with zero attached hydrogens (tertiary/aromatic N) is 2. The average molecular weight is 387 g/mol. The molecule has 1 aliphatic rings. The molecule has 0 amide bonds. The predicted octanol–water partition coefficient (Wildman–Crippen LogP) is 3.01. The Labute approximate surface area is 158 Å². The quantitative estimate of drug-likeness (QED) is 0.586. The van der Waals surface area contributed by atoms with Gasteiger partial charge in [0.25, 0.3) is 0 Å². The second-order valence-corrected chi connectivity index (χ2v) is 8.27. The lowest BCUT2D eigenvalue weighted by Crippen LogP contribution is -2.27. The van der Waals surface area contributed by atoms with Gasteiger partial charge < -0.3 is 5.11 Å². The topological polar surface area (TPSA) is 99.1 Å². The van der Waals surface area contributed by atoms with Gasteiger partial charge in [-0.15, -0.1) is 0 Å². The summed E-state index contributed by atoms with van der Waals surface area (Å²) in [5.74, 6) is -1.01. The molecule has 1 fully saturated rings. The number of rotatable bonds is 6. The number of nitrogens with one attached hydrogen (secondary N) is 1. The number of hydrazone groups is 1. The van der Waals surface area contributed by atoms with Gasteiger partial charge in [0.2, 0.25) is 10.0 Å². The van der Waals surface area contributed by atoms with Crippen LogP contribution in [0.25, 0.3) is 0 Å². The fraction of sp³-hybridized carbons (Fsp3) is 0.263. The fourth-order valence-corrected chi connectivity index (χ4v) is 4.40. The van der Waals surface area contributed by atoms with Crippen molar-refractivity contribution in [1.82, 2.24) is 4.31 Å². The lowest BCUT2D eigenvalue weighted by Gasteiger charge is -2.15. The summed E-state index contributed by atoms with van der Waals surface area (Å²) >= 11 is 0. The van der Waals surface area contributed by atoms with E-state index < -0.39 is 16.0 Å². The highest BCUT2D eigenvalue weighted by molar-refractivity contribution is 7.89. The highest BCUT2D eigenvalue weighted by atomic mass is 32.2. The smallest absolute Gasteiger partial charge is 0.335 e. The third kappa shape index (κ3) is 4.35. The van der Waals surface area contributed by atoms with Crippen molar-refractivity contribution < 1.29 is 18.3 Å². The van der Waals surface area contributed by atoms with Gasteiger partial charge in [0, 0.05) is 13.1 Å². The van der Waals surface area contributed by atoms with E-state index in [2.05, 4.69) is 10.5 Å². The van der Waals surface area contributed by atoms with Crippen LogP contribution in [0.4, 0.5) is 5.69 Å². The molecule has 7 nitrogen and oxygen atoms in total. The Bertz CT molecular complexity index is 963. The van der Waals surface area contributed by atoms with Crippen molar-refractivity contribution in [1.29, 1.82) is 0 Å². The zero-order valence-electron chi connectivity index (χ0n) is 14.9. The summed E-state index contributed by atoms with van der Waals surface area (Å²) in [6.07, 6.45) is 1.80. The molecular weight excluding hydrogens is 366 g/mol. The number of anilines is 1. The van der Waals surface area contributed by atoms with Crippen LogP contribution in [0.2, 0.25) is 0 Å². The summed E-state index contributed by atoms with van der Waals surface area (Å²) in [6, 6.07) is 13.0. The summed E-state index contributed by atoms with van der Waals surface area (Å²) < 4.78 is 26.6. The molecule has 2 aromatic rings. The third-order valence-electron chi connectivity index (χ3n) is 4.44. The van der Waals surface area contributed by atoms with E-state index in [0.717, 1.165) is 18.4 Å². The Morgan fingerprint density at radius 2 is 1.74 bits per heavy atom. The highest BCUT2D eigenvalue weighted by Gasteiger charge is 2.26. The first-order valence-electron chi connectivity index (χ1n) is 8.62. The minimum atomic E-state index is -3.43. The molecule has 0 bridgehead atoms. The van der Waals surface area contributed by atoms with Crippen LogP contribution in [0.1, 0.15) is 35.7 Å². The molecule has 1 saturated heterocycles. The van der Waals surface area contributed by atoms with Crippen LogP contribution in [-0.4, -0.2) is 42.6 Å². The summed E-state index contributed by atoms with van der Waals surface area (Å²) in [5.41, 5.74) is 4.98. The lowest BCUT2D eigenvalue weighted by molar-refractivity contribution is 0.0697. The summed E-state index contributed by atoms with van der Waals surface area (Å²) in [4.78, 5) is 11.3. The molecule has 0 unspecified atom stereocenters. The molecule has 142 valence electrons. The maximum atomic E-state index is 12.5. The van der Waals surface area contributed by atoms with Gasteiger partial charge in [0.15, 0.2) is 0 Å². The Kier molecular flexibility index (Phi) is 5.57. The molecule has 0 spiro atoms. The van der Waals surface area contributed by atoms with Crippen molar-refractivity contribution in [2.45, 2.75) is 24.7 Å². The van der Waals surface area contributed by atoms with Crippen LogP contribution in [0.3, 0.4) is 0 Å². The summed E-state index contributed by atoms with van der Waals surface area (Å²) in [5, 5.41) is 13.3. The predicted molar refractivity (Wildman–Crippen MR) is 104 cm³/mol. The summed E-state index contributed by atoms with van der Waals surface area (Å²) in [7, 11) is -3.43. The van der Waals surface area contributed by atoms with Crippen LogP contribution in [-0.2, 0) is 10.0 Å². The van der Waals surface area contributed by atoms with Crippen molar-refractivity contribution in [3.05, 3.63) is 59.7 Å². The number of hydrogen-bond acceptors (Lipinski definition) is 5. The Morgan fingerprint density at radius 3 is 2.37 bits per heavy atom. The van der Waals surface area contributed by atoms with E-state index in [1.165, 1.54) is 16.4 Å². The number of sulfonamides is 1. The molecule has 0 saturated carbocycles. The SMILES string of the molecule is C/C(=N\Nc1cccc(C(=O)O)c1)c1ccc(S(=O)(=O)N2CCCC2)cc1. The van der Waals surface area contributed by atoms with Crippen molar-refractivity contribution >= 4 is 27.4 Å². The number of hydrogen-bond donors (Lipinski definition) is 2. The molecule has 2 aromatic carbocycles. The van der Waals surface area contributed by atoms with Crippen LogP contribution in [0, 0.1) is 0 Å². The monoisotopic (exact) mass is 387 g/mol. The molecule has 1 heterocycles. The van der Waals surface area contributed by atoms with E-state index in [4.69, 9.17) is 5.11 Å². The molecule has 0 aromatic heterocycles. The van der Waals surface area contributed by atoms with Gasteiger partial charge in [-0.05, 0) is 55.7 Å². The Morgan fingerprint density at radius 1 is 1.07 bits per heavy atom. The zero-order valence-corrected chi connectivity index (χ0v) is 15.7.